The van der Waals surface area contributed by atoms with Gasteiger partial charge >= 0.3 is 0 Å². The van der Waals surface area contributed by atoms with Crippen molar-refractivity contribution in [3.05, 3.63) is 52.1 Å². The average molecular weight is 326 g/mol. The van der Waals surface area contributed by atoms with Crippen LogP contribution >= 0.6 is 0 Å². The predicted molar refractivity (Wildman–Crippen MR) is 101 cm³/mol. The van der Waals surface area contributed by atoms with Gasteiger partial charge in [0.2, 0.25) is 0 Å². The van der Waals surface area contributed by atoms with E-state index in [0.29, 0.717) is 11.6 Å². The first-order chi connectivity index (χ1) is 11.6. The van der Waals surface area contributed by atoms with Crippen LogP contribution in [0.15, 0.2) is 35.1 Å². The van der Waals surface area contributed by atoms with Crippen LogP contribution in [0.1, 0.15) is 76.6 Å². The van der Waals surface area contributed by atoms with Crippen molar-refractivity contribution in [1.82, 2.24) is 9.97 Å². The lowest BCUT2D eigenvalue weighted by Gasteiger charge is -2.13. The van der Waals surface area contributed by atoms with Gasteiger partial charge < -0.3 is 4.98 Å². The van der Waals surface area contributed by atoms with Crippen LogP contribution in [-0.4, -0.2) is 9.97 Å². The summed E-state index contributed by atoms with van der Waals surface area (Å²) in [4.78, 5) is 20.3. The molecule has 0 aliphatic rings. The van der Waals surface area contributed by atoms with Crippen LogP contribution in [0.3, 0.4) is 0 Å². The normalized spacial score (nSPS) is 11.2. The van der Waals surface area contributed by atoms with Crippen LogP contribution in [0.5, 0.6) is 0 Å². The lowest BCUT2D eigenvalue weighted by molar-refractivity contribution is 0.600. The fourth-order valence-corrected chi connectivity index (χ4v) is 3.04. The maximum absolute atomic E-state index is 12.5. The van der Waals surface area contributed by atoms with E-state index in [4.69, 9.17) is 4.98 Å². The summed E-state index contributed by atoms with van der Waals surface area (Å²) in [7, 11) is 0. The third-order valence-corrected chi connectivity index (χ3v) is 4.40. The molecule has 0 bridgehead atoms. The maximum Gasteiger partial charge on any atom is 0.274 e. The predicted octanol–water partition coefficient (Wildman–Crippen LogP) is 5.46. The summed E-state index contributed by atoms with van der Waals surface area (Å²) >= 11 is 0. The number of benzene rings is 1. The lowest BCUT2D eigenvalue weighted by atomic mass is 10.0. The molecule has 3 heteroatoms. The van der Waals surface area contributed by atoms with Crippen LogP contribution in [-0.2, 0) is 6.42 Å². The number of aromatic nitrogens is 2. The number of rotatable bonds is 9. The molecule has 0 aliphatic carbocycles. The van der Waals surface area contributed by atoms with E-state index in [0.717, 1.165) is 29.8 Å². The molecule has 0 saturated carbocycles. The number of nitrogens with one attached hydrogen (secondary N) is 1. The van der Waals surface area contributed by atoms with Gasteiger partial charge in [-0.3, -0.25) is 4.79 Å². The largest absolute Gasteiger partial charge is 0.323 e. The Morgan fingerprint density at radius 2 is 1.67 bits per heavy atom. The number of hydrogen-bond acceptors (Lipinski definition) is 2. The summed E-state index contributed by atoms with van der Waals surface area (Å²) in [5.41, 5.74) is 3.39. The summed E-state index contributed by atoms with van der Waals surface area (Å²) in [5.74, 6) is 0.305. The van der Waals surface area contributed by atoms with Gasteiger partial charge in [0, 0.05) is 11.3 Å². The van der Waals surface area contributed by atoms with Crippen molar-refractivity contribution in [2.75, 3.05) is 0 Å². The topological polar surface area (TPSA) is 45.8 Å². The van der Waals surface area contributed by atoms with E-state index >= 15 is 0 Å². The Morgan fingerprint density at radius 3 is 2.33 bits per heavy atom. The zero-order valence-electron chi connectivity index (χ0n) is 15.3. The van der Waals surface area contributed by atoms with E-state index in [9.17, 15) is 4.79 Å². The highest BCUT2D eigenvalue weighted by Crippen LogP contribution is 2.20. The second-order valence-electron chi connectivity index (χ2n) is 6.82. The first kappa shape index (κ1) is 18.4. The van der Waals surface area contributed by atoms with Crippen LogP contribution in [0.25, 0.3) is 11.3 Å². The Morgan fingerprint density at radius 1 is 1.00 bits per heavy atom. The average Bonchev–Trinajstić information content (AvgIpc) is 2.58. The Labute approximate surface area is 145 Å². The van der Waals surface area contributed by atoms with E-state index in [-0.39, 0.29) is 5.56 Å². The van der Waals surface area contributed by atoms with E-state index in [1.54, 1.807) is 0 Å². The number of H-pyrrole nitrogens is 1. The molecule has 130 valence electrons. The third kappa shape index (κ3) is 5.05. The summed E-state index contributed by atoms with van der Waals surface area (Å²) in [6.07, 6.45) is 8.44. The van der Waals surface area contributed by atoms with Crippen molar-refractivity contribution >= 4 is 0 Å². The van der Waals surface area contributed by atoms with Crippen molar-refractivity contribution in [2.45, 2.75) is 71.6 Å². The second kappa shape index (κ2) is 9.41. The molecule has 0 amide bonds. The van der Waals surface area contributed by atoms with Gasteiger partial charge in [0.05, 0.1) is 5.69 Å². The summed E-state index contributed by atoms with van der Waals surface area (Å²) in [5, 5.41) is 0. The van der Waals surface area contributed by atoms with E-state index < -0.39 is 0 Å². The molecule has 0 spiro atoms. The van der Waals surface area contributed by atoms with Crippen LogP contribution < -0.4 is 5.56 Å². The molecule has 0 atom stereocenters. The molecule has 0 radical (unpaired) electrons. The molecule has 2 aromatic rings. The zero-order chi connectivity index (χ0) is 17.4. The van der Waals surface area contributed by atoms with E-state index in [1.807, 2.05) is 30.3 Å². The van der Waals surface area contributed by atoms with Gasteiger partial charge in [0.15, 0.2) is 0 Å². The molecule has 2 rings (SSSR count). The maximum atomic E-state index is 12.5. The highest BCUT2D eigenvalue weighted by atomic mass is 16.1. The van der Waals surface area contributed by atoms with E-state index in [2.05, 4.69) is 25.8 Å². The molecule has 1 heterocycles. The molecular formula is C21H30N2O. The Kier molecular flexibility index (Phi) is 7.23. The number of aromatic amines is 1. The molecule has 3 nitrogen and oxygen atoms in total. The van der Waals surface area contributed by atoms with Gasteiger partial charge in [-0.2, -0.15) is 0 Å². The van der Waals surface area contributed by atoms with Crippen LogP contribution in [0.4, 0.5) is 0 Å². The minimum Gasteiger partial charge on any atom is -0.323 e. The third-order valence-electron chi connectivity index (χ3n) is 4.40. The fourth-order valence-electron chi connectivity index (χ4n) is 3.04. The van der Waals surface area contributed by atoms with Gasteiger partial charge in [-0.05, 0) is 18.8 Å². The Hall–Kier alpha value is -1.90. The van der Waals surface area contributed by atoms with Crippen molar-refractivity contribution < 1.29 is 0 Å². The molecule has 0 unspecified atom stereocenters. The number of hydrogen-bond donors (Lipinski definition) is 1. The van der Waals surface area contributed by atoms with Gasteiger partial charge in [0.25, 0.3) is 5.56 Å². The van der Waals surface area contributed by atoms with Gasteiger partial charge in [-0.15, -0.1) is 0 Å². The zero-order valence-corrected chi connectivity index (χ0v) is 15.3. The monoisotopic (exact) mass is 326 g/mol. The molecule has 0 fully saturated rings. The molecule has 1 N–H and O–H groups in total. The molecule has 24 heavy (non-hydrogen) atoms. The molecule has 1 aromatic heterocycles. The van der Waals surface area contributed by atoms with Crippen molar-refractivity contribution in [3.63, 3.8) is 0 Å². The highest BCUT2D eigenvalue weighted by molar-refractivity contribution is 5.58. The van der Waals surface area contributed by atoms with E-state index in [1.165, 1.54) is 32.1 Å². The van der Waals surface area contributed by atoms with Crippen LogP contribution in [0, 0.1) is 0 Å². The summed E-state index contributed by atoms with van der Waals surface area (Å²) in [6, 6.07) is 9.71. The molecular weight excluding hydrogens is 296 g/mol. The smallest absolute Gasteiger partial charge is 0.274 e. The second-order valence-corrected chi connectivity index (χ2v) is 6.82. The Bertz CT molecular complexity index is 674. The number of nitrogens with zero attached hydrogens (tertiary/aromatic N) is 1. The fraction of sp³-hybridized carbons (Fsp3) is 0.524. The standard InChI is InChI=1S/C21H30N2O/c1-4-5-6-7-8-12-15-18-19(16(2)3)23-20(21(24)22-18)17-13-10-9-11-14-17/h9-11,13-14,16H,4-8,12,15H2,1-3H3,(H,22,24). The first-order valence-electron chi connectivity index (χ1n) is 9.32. The summed E-state index contributed by atoms with van der Waals surface area (Å²) < 4.78 is 0. The van der Waals surface area contributed by atoms with Crippen molar-refractivity contribution in [3.8, 4) is 11.3 Å². The number of unbranched alkanes of at least 4 members (excludes halogenated alkanes) is 5. The molecule has 0 saturated heterocycles. The quantitative estimate of drug-likeness (QED) is 0.622. The highest BCUT2D eigenvalue weighted by Gasteiger charge is 2.14. The minimum atomic E-state index is -0.0772. The van der Waals surface area contributed by atoms with Crippen molar-refractivity contribution in [2.24, 2.45) is 0 Å². The Balaban J connectivity index is 2.14. The number of aryl methyl sites for hydroxylation is 1. The first-order valence-corrected chi connectivity index (χ1v) is 9.32. The SMILES string of the molecule is CCCCCCCCc1[nH]c(=O)c(-c2ccccc2)nc1C(C)C. The van der Waals surface area contributed by atoms with Crippen molar-refractivity contribution in [1.29, 1.82) is 0 Å². The summed E-state index contributed by atoms with van der Waals surface area (Å²) in [6.45, 7) is 6.51. The lowest BCUT2D eigenvalue weighted by Crippen LogP contribution is -2.18. The van der Waals surface area contributed by atoms with Gasteiger partial charge in [-0.1, -0.05) is 83.2 Å². The van der Waals surface area contributed by atoms with Crippen LogP contribution in [0.2, 0.25) is 0 Å². The minimum absolute atomic E-state index is 0.0772. The van der Waals surface area contributed by atoms with Gasteiger partial charge in [0.1, 0.15) is 5.69 Å². The van der Waals surface area contributed by atoms with Gasteiger partial charge in [-0.25, -0.2) is 4.98 Å². The molecule has 0 aliphatic heterocycles. The molecule has 1 aromatic carbocycles.